The van der Waals surface area contributed by atoms with E-state index >= 15 is 0 Å². The number of benzene rings is 10. The number of anilines is 3. The Hall–Kier alpha value is -8.40. The van der Waals surface area contributed by atoms with Crippen LogP contribution in [0.15, 0.2) is 237 Å². The van der Waals surface area contributed by atoms with Gasteiger partial charge >= 0.3 is 0 Å². The Labute approximate surface area is 365 Å². The van der Waals surface area contributed by atoms with Crippen molar-refractivity contribution in [3.63, 3.8) is 0 Å². The lowest BCUT2D eigenvalue weighted by atomic mass is 9.93. The molecule has 0 bridgehead atoms. The number of nitrogens with zero attached hydrogens (tertiary/aromatic N) is 3. The zero-order valence-corrected chi connectivity index (χ0v) is 34.4. The first-order valence-electron chi connectivity index (χ1n) is 21.7. The third-order valence-electron chi connectivity index (χ3n) is 13.1. The molecule has 3 nitrogen and oxygen atoms in total. The van der Waals surface area contributed by atoms with E-state index in [4.69, 9.17) is 0 Å². The fraction of sp³-hybridized carbons (Fsp3) is 0. The second-order valence-corrected chi connectivity index (χ2v) is 16.5. The van der Waals surface area contributed by atoms with Crippen LogP contribution in [0.4, 0.5) is 17.1 Å². The Bertz CT molecular complexity index is 3610. The molecule has 0 radical (unpaired) electrons. The summed E-state index contributed by atoms with van der Waals surface area (Å²) in [5.41, 5.74) is 20.2. The van der Waals surface area contributed by atoms with Gasteiger partial charge in [0, 0.05) is 55.4 Å². The smallest absolute Gasteiger partial charge is 0.0619 e. The third kappa shape index (κ3) is 5.53. The number of hydrogen-bond acceptors (Lipinski definition) is 1. The topological polar surface area (TPSA) is 13.1 Å². The maximum absolute atomic E-state index is 2.52. The van der Waals surface area contributed by atoms with Crippen molar-refractivity contribution in [3.8, 4) is 55.9 Å². The van der Waals surface area contributed by atoms with Gasteiger partial charge < -0.3 is 14.0 Å². The van der Waals surface area contributed by atoms with Gasteiger partial charge in [0.05, 0.1) is 27.8 Å². The van der Waals surface area contributed by atoms with Crippen LogP contribution in [-0.2, 0) is 0 Å². The van der Waals surface area contributed by atoms with Gasteiger partial charge in [-0.15, -0.1) is 0 Å². The predicted octanol–water partition coefficient (Wildman–Crippen LogP) is 16.3. The Kier molecular flexibility index (Phi) is 7.91. The molecule has 0 amide bonds. The second-order valence-electron chi connectivity index (χ2n) is 16.5. The van der Waals surface area contributed by atoms with Gasteiger partial charge in [-0.1, -0.05) is 164 Å². The summed E-state index contributed by atoms with van der Waals surface area (Å²) >= 11 is 0. The monoisotopic (exact) mass is 801 g/mol. The molecule has 0 fully saturated rings. The van der Waals surface area contributed by atoms with E-state index < -0.39 is 0 Å². The predicted molar refractivity (Wildman–Crippen MR) is 265 cm³/mol. The van der Waals surface area contributed by atoms with Crippen molar-refractivity contribution in [1.29, 1.82) is 0 Å². The summed E-state index contributed by atoms with van der Waals surface area (Å²) in [5, 5.41) is 5.02. The summed E-state index contributed by atoms with van der Waals surface area (Å²) in [4.78, 5) is 2.36. The largest absolute Gasteiger partial charge is 0.311 e. The van der Waals surface area contributed by atoms with Gasteiger partial charge in [0.15, 0.2) is 0 Å². The number of hydrogen-bond donors (Lipinski definition) is 0. The third-order valence-corrected chi connectivity index (χ3v) is 13.1. The molecule has 63 heavy (non-hydrogen) atoms. The van der Waals surface area contributed by atoms with Crippen LogP contribution in [0.5, 0.6) is 0 Å². The van der Waals surface area contributed by atoms with E-state index in [9.17, 15) is 0 Å². The molecule has 0 saturated carbocycles. The molecule has 3 heterocycles. The van der Waals surface area contributed by atoms with Crippen molar-refractivity contribution in [2.24, 2.45) is 0 Å². The SMILES string of the molecule is c1ccc(-c2ccc(N(c3ccc(-c4ccccc4)cc3)c3ccc(-n4c5ccccc5c5cc6c(cc54)-c4ccccc4-c4cccc5c7ccccc7n-6c45)cc3)cc2)cc1. The summed E-state index contributed by atoms with van der Waals surface area (Å²) in [6, 6.07) is 86.4. The van der Waals surface area contributed by atoms with Crippen LogP contribution in [0.1, 0.15) is 0 Å². The number of fused-ring (bicyclic) bond motifs is 11. The summed E-state index contributed by atoms with van der Waals surface area (Å²) in [6.45, 7) is 0. The molecule has 12 aromatic rings. The van der Waals surface area contributed by atoms with Crippen LogP contribution in [0, 0.1) is 0 Å². The van der Waals surface area contributed by atoms with Gasteiger partial charge in [0.25, 0.3) is 0 Å². The second kappa shape index (κ2) is 14.1. The van der Waals surface area contributed by atoms with Gasteiger partial charge in [-0.3, -0.25) is 0 Å². The first-order chi connectivity index (χ1) is 31.3. The zero-order chi connectivity index (χ0) is 41.4. The molecular formula is C60H39N3. The lowest BCUT2D eigenvalue weighted by Crippen LogP contribution is -2.10. The van der Waals surface area contributed by atoms with E-state index in [2.05, 4.69) is 251 Å². The standard InChI is InChI=1S/C60H39N3/c1-3-14-40(15-4-1)42-26-30-44(31-27-42)61(45-32-28-43(29-33-45)41-16-5-2-6-17-41)46-34-36-47(37-35-46)62-56-24-11-10-21-51(56)55-39-59-54(38-58(55)62)49-19-8-7-18-48(49)52-22-13-23-53-50-20-9-12-25-57(50)63(59)60(52)53/h1-39H. The van der Waals surface area contributed by atoms with E-state index in [1.165, 1.54) is 93.8 Å². The molecule has 294 valence electrons. The summed E-state index contributed by atoms with van der Waals surface area (Å²) in [7, 11) is 0. The van der Waals surface area contributed by atoms with Gasteiger partial charge in [0.1, 0.15) is 0 Å². The fourth-order valence-corrected chi connectivity index (χ4v) is 10.2. The molecule has 0 saturated heterocycles. The summed E-state index contributed by atoms with van der Waals surface area (Å²) in [5.74, 6) is 0. The zero-order valence-electron chi connectivity index (χ0n) is 34.4. The van der Waals surface area contributed by atoms with Crippen LogP contribution in [-0.4, -0.2) is 9.13 Å². The van der Waals surface area contributed by atoms with Crippen molar-refractivity contribution in [1.82, 2.24) is 9.13 Å². The van der Waals surface area contributed by atoms with Crippen molar-refractivity contribution in [2.75, 3.05) is 4.90 Å². The van der Waals surface area contributed by atoms with Crippen molar-refractivity contribution < 1.29 is 0 Å². The average molecular weight is 802 g/mol. The quantitative estimate of drug-likeness (QED) is 0.163. The van der Waals surface area contributed by atoms with Gasteiger partial charge in [-0.05, 0) is 106 Å². The molecule has 3 heteroatoms. The number of rotatable bonds is 6. The lowest BCUT2D eigenvalue weighted by Gasteiger charge is -2.26. The molecule has 1 aliphatic rings. The minimum absolute atomic E-state index is 1.09. The minimum atomic E-state index is 1.09. The van der Waals surface area contributed by atoms with Crippen LogP contribution in [0.3, 0.4) is 0 Å². The van der Waals surface area contributed by atoms with E-state index in [-0.39, 0.29) is 0 Å². The molecule has 10 aromatic carbocycles. The highest BCUT2D eigenvalue weighted by Crippen LogP contribution is 2.49. The Balaban J connectivity index is 0.983. The van der Waals surface area contributed by atoms with Crippen molar-refractivity contribution in [3.05, 3.63) is 237 Å². The fourth-order valence-electron chi connectivity index (χ4n) is 10.2. The van der Waals surface area contributed by atoms with Gasteiger partial charge in [0.2, 0.25) is 0 Å². The van der Waals surface area contributed by atoms with Crippen LogP contribution in [0.25, 0.3) is 99.5 Å². The van der Waals surface area contributed by atoms with E-state index in [1.807, 2.05) is 0 Å². The van der Waals surface area contributed by atoms with Crippen LogP contribution < -0.4 is 4.90 Å². The molecule has 0 unspecified atom stereocenters. The van der Waals surface area contributed by atoms with E-state index in [0.717, 1.165) is 22.7 Å². The number of aromatic nitrogens is 2. The highest BCUT2D eigenvalue weighted by molar-refractivity contribution is 6.18. The van der Waals surface area contributed by atoms with Crippen LogP contribution in [0.2, 0.25) is 0 Å². The Morgan fingerprint density at radius 2 is 0.714 bits per heavy atom. The maximum Gasteiger partial charge on any atom is 0.0619 e. The van der Waals surface area contributed by atoms with Crippen molar-refractivity contribution in [2.45, 2.75) is 0 Å². The summed E-state index contributed by atoms with van der Waals surface area (Å²) < 4.78 is 4.97. The number of para-hydroxylation sites is 3. The Morgan fingerprint density at radius 3 is 1.32 bits per heavy atom. The molecule has 0 aliphatic carbocycles. The molecule has 13 rings (SSSR count). The van der Waals surface area contributed by atoms with Crippen LogP contribution >= 0.6 is 0 Å². The first kappa shape index (κ1) is 35.4. The van der Waals surface area contributed by atoms with Crippen molar-refractivity contribution >= 4 is 60.7 Å². The van der Waals surface area contributed by atoms with E-state index in [1.54, 1.807) is 0 Å². The molecule has 2 aromatic heterocycles. The van der Waals surface area contributed by atoms with E-state index in [0.29, 0.717) is 0 Å². The highest BCUT2D eigenvalue weighted by atomic mass is 15.1. The molecule has 0 N–H and O–H groups in total. The molecule has 1 aliphatic heterocycles. The average Bonchev–Trinajstić information content (AvgIpc) is 3.83. The maximum atomic E-state index is 2.52. The Morgan fingerprint density at radius 1 is 0.270 bits per heavy atom. The molecular weight excluding hydrogens is 763 g/mol. The van der Waals surface area contributed by atoms with Gasteiger partial charge in [-0.2, -0.15) is 0 Å². The van der Waals surface area contributed by atoms with Gasteiger partial charge in [-0.25, -0.2) is 0 Å². The normalized spacial score (nSPS) is 11.8. The highest BCUT2D eigenvalue weighted by Gasteiger charge is 2.26. The minimum Gasteiger partial charge on any atom is -0.311 e. The first-order valence-corrected chi connectivity index (χ1v) is 21.7. The molecule has 0 atom stereocenters. The lowest BCUT2D eigenvalue weighted by molar-refractivity contribution is 1.17. The molecule has 0 spiro atoms. The summed E-state index contributed by atoms with van der Waals surface area (Å²) in [6.07, 6.45) is 0.